The van der Waals surface area contributed by atoms with Gasteiger partial charge >= 0.3 is 0 Å². The van der Waals surface area contributed by atoms with E-state index in [1.165, 1.54) is 11.9 Å². The highest BCUT2D eigenvalue weighted by atomic mass is 16.5. The number of hydrogen-bond donors (Lipinski definition) is 2. The molecule has 0 fully saturated rings. The Morgan fingerprint density at radius 2 is 1.74 bits per heavy atom. The number of anilines is 3. The normalized spacial score (nSPS) is 10.1. The molecule has 0 spiro atoms. The van der Waals surface area contributed by atoms with Crippen LogP contribution in [0.5, 0.6) is 5.75 Å². The van der Waals surface area contributed by atoms with Gasteiger partial charge in [-0.2, -0.15) is 0 Å². The lowest BCUT2D eigenvalue weighted by Gasteiger charge is -2.09. The Labute approximate surface area is 135 Å². The van der Waals surface area contributed by atoms with Crippen molar-refractivity contribution in [1.29, 1.82) is 0 Å². The monoisotopic (exact) mass is 306 g/mol. The quantitative estimate of drug-likeness (QED) is 0.724. The first-order chi connectivity index (χ1) is 11.3. The van der Waals surface area contributed by atoms with E-state index in [1.807, 2.05) is 48.5 Å². The van der Waals surface area contributed by atoms with Crippen LogP contribution in [0.15, 0.2) is 67.0 Å². The molecule has 3 aromatic rings. The van der Waals surface area contributed by atoms with E-state index >= 15 is 0 Å². The van der Waals surface area contributed by atoms with Gasteiger partial charge in [0.25, 0.3) is 0 Å². The van der Waals surface area contributed by atoms with E-state index in [-0.39, 0.29) is 0 Å². The van der Waals surface area contributed by atoms with Gasteiger partial charge in [0.05, 0.1) is 7.11 Å². The smallest absolute Gasteiger partial charge is 0.135 e. The highest BCUT2D eigenvalue weighted by Gasteiger charge is 2.01. The van der Waals surface area contributed by atoms with Crippen molar-refractivity contribution in [3.05, 3.63) is 72.6 Å². The molecule has 1 aromatic heterocycles. The minimum Gasteiger partial charge on any atom is -0.497 e. The van der Waals surface area contributed by atoms with E-state index in [9.17, 15) is 0 Å². The Hall–Kier alpha value is -3.08. The van der Waals surface area contributed by atoms with E-state index in [4.69, 9.17) is 4.74 Å². The summed E-state index contributed by atoms with van der Waals surface area (Å²) in [4.78, 5) is 8.49. The molecule has 5 nitrogen and oxygen atoms in total. The molecule has 0 saturated carbocycles. The molecular formula is C18H18N4O. The van der Waals surface area contributed by atoms with Crippen molar-refractivity contribution in [3.8, 4) is 5.75 Å². The fourth-order valence-electron chi connectivity index (χ4n) is 2.16. The van der Waals surface area contributed by atoms with Crippen molar-refractivity contribution in [2.24, 2.45) is 0 Å². The average molecular weight is 306 g/mol. The van der Waals surface area contributed by atoms with Crippen LogP contribution in [0.2, 0.25) is 0 Å². The van der Waals surface area contributed by atoms with Crippen LogP contribution in [0, 0.1) is 0 Å². The molecular weight excluding hydrogens is 288 g/mol. The summed E-state index contributed by atoms with van der Waals surface area (Å²) in [6.07, 6.45) is 1.54. The van der Waals surface area contributed by atoms with E-state index in [1.54, 1.807) is 7.11 Å². The first-order valence-corrected chi connectivity index (χ1v) is 7.34. The SMILES string of the molecule is COc1cccc(Nc2cc(NCc3ccccc3)ncn2)c1. The minimum absolute atomic E-state index is 0.719. The third-order valence-electron chi connectivity index (χ3n) is 3.33. The Balaban J connectivity index is 1.67. The van der Waals surface area contributed by atoms with Gasteiger partial charge in [0, 0.05) is 24.4 Å². The first kappa shape index (κ1) is 14.8. The van der Waals surface area contributed by atoms with Crippen molar-refractivity contribution >= 4 is 17.3 Å². The zero-order chi connectivity index (χ0) is 15.9. The van der Waals surface area contributed by atoms with E-state index in [2.05, 4.69) is 32.7 Å². The van der Waals surface area contributed by atoms with Crippen LogP contribution in [0.3, 0.4) is 0 Å². The summed E-state index contributed by atoms with van der Waals surface area (Å²) in [5.74, 6) is 2.30. The molecule has 0 amide bonds. The number of nitrogens with one attached hydrogen (secondary N) is 2. The number of rotatable bonds is 6. The Bertz CT molecular complexity index is 762. The number of benzene rings is 2. The van der Waals surface area contributed by atoms with Crippen molar-refractivity contribution in [2.45, 2.75) is 6.54 Å². The van der Waals surface area contributed by atoms with E-state index in [0.29, 0.717) is 0 Å². The van der Waals surface area contributed by atoms with Crippen molar-refractivity contribution < 1.29 is 4.74 Å². The number of hydrogen-bond acceptors (Lipinski definition) is 5. The van der Waals surface area contributed by atoms with Gasteiger partial charge in [0.2, 0.25) is 0 Å². The summed E-state index contributed by atoms with van der Waals surface area (Å²) >= 11 is 0. The zero-order valence-electron chi connectivity index (χ0n) is 12.9. The highest BCUT2D eigenvalue weighted by Crippen LogP contribution is 2.21. The lowest BCUT2D eigenvalue weighted by Crippen LogP contribution is -2.03. The molecule has 23 heavy (non-hydrogen) atoms. The van der Waals surface area contributed by atoms with Crippen LogP contribution in [0.25, 0.3) is 0 Å². The van der Waals surface area contributed by atoms with Crippen LogP contribution < -0.4 is 15.4 Å². The molecule has 2 aromatic carbocycles. The van der Waals surface area contributed by atoms with Crippen molar-refractivity contribution in [2.75, 3.05) is 17.7 Å². The second-order valence-corrected chi connectivity index (χ2v) is 4.98. The topological polar surface area (TPSA) is 59.1 Å². The first-order valence-electron chi connectivity index (χ1n) is 7.34. The molecule has 0 saturated heterocycles. The maximum Gasteiger partial charge on any atom is 0.135 e. The fraction of sp³-hybridized carbons (Fsp3) is 0.111. The fourth-order valence-corrected chi connectivity index (χ4v) is 2.16. The molecule has 0 atom stereocenters. The molecule has 0 aliphatic heterocycles. The molecule has 5 heteroatoms. The largest absolute Gasteiger partial charge is 0.497 e. The van der Waals surface area contributed by atoms with Gasteiger partial charge < -0.3 is 15.4 Å². The standard InChI is InChI=1S/C18H18N4O/c1-23-16-9-5-8-15(10-16)22-18-11-17(20-13-21-18)19-12-14-6-3-2-4-7-14/h2-11,13H,12H2,1H3,(H2,19,20,21,22). The Morgan fingerprint density at radius 3 is 2.57 bits per heavy atom. The third-order valence-corrected chi connectivity index (χ3v) is 3.33. The predicted octanol–water partition coefficient (Wildman–Crippen LogP) is 3.84. The molecule has 2 N–H and O–H groups in total. The van der Waals surface area contributed by atoms with Crippen LogP contribution in [-0.2, 0) is 6.54 Å². The number of methoxy groups -OCH3 is 1. The van der Waals surface area contributed by atoms with Crippen LogP contribution in [0.4, 0.5) is 17.3 Å². The van der Waals surface area contributed by atoms with Gasteiger partial charge in [0.15, 0.2) is 0 Å². The third kappa shape index (κ3) is 4.20. The maximum absolute atomic E-state index is 5.22. The average Bonchev–Trinajstić information content (AvgIpc) is 2.61. The number of nitrogens with zero attached hydrogens (tertiary/aromatic N) is 2. The molecule has 116 valence electrons. The molecule has 0 radical (unpaired) electrons. The van der Waals surface area contributed by atoms with Gasteiger partial charge in [0.1, 0.15) is 23.7 Å². The number of ether oxygens (including phenoxy) is 1. The molecule has 0 bridgehead atoms. The summed E-state index contributed by atoms with van der Waals surface area (Å²) in [7, 11) is 1.65. The lowest BCUT2D eigenvalue weighted by atomic mass is 10.2. The molecule has 1 heterocycles. The second-order valence-electron chi connectivity index (χ2n) is 4.98. The van der Waals surface area contributed by atoms with Crippen molar-refractivity contribution in [1.82, 2.24) is 9.97 Å². The molecule has 0 aliphatic carbocycles. The van der Waals surface area contributed by atoms with E-state index < -0.39 is 0 Å². The Kier molecular flexibility index (Phi) is 4.69. The van der Waals surface area contributed by atoms with Crippen LogP contribution in [0.1, 0.15) is 5.56 Å². The molecule has 0 aliphatic rings. The van der Waals surface area contributed by atoms with Gasteiger partial charge in [-0.15, -0.1) is 0 Å². The van der Waals surface area contributed by atoms with Gasteiger partial charge in [-0.25, -0.2) is 9.97 Å². The predicted molar refractivity (Wildman–Crippen MR) is 92.1 cm³/mol. The summed E-state index contributed by atoms with van der Waals surface area (Å²) in [5.41, 5.74) is 2.12. The van der Waals surface area contributed by atoms with Gasteiger partial charge in [-0.1, -0.05) is 36.4 Å². The number of aromatic nitrogens is 2. The minimum atomic E-state index is 0.719. The maximum atomic E-state index is 5.22. The van der Waals surface area contributed by atoms with Crippen LogP contribution in [-0.4, -0.2) is 17.1 Å². The summed E-state index contributed by atoms with van der Waals surface area (Å²) in [5, 5.41) is 6.54. The Morgan fingerprint density at radius 1 is 0.913 bits per heavy atom. The summed E-state index contributed by atoms with van der Waals surface area (Å²) in [6, 6.07) is 19.8. The summed E-state index contributed by atoms with van der Waals surface area (Å²) < 4.78 is 5.22. The van der Waals surface area contributed by atoms with Gasteiger partial charge in [-0.3, -0.25) is 0 Å². The highest BCUT2D eigenvalue weighted by molar-refractivity contribution is 5.60. The molecule has 3 rings (SSSR count). The lowest BCUT2D eigenvalue weighted by molar-refractivity contribution is 0.415. The van der Waals surface area contributed by atoms with E-state index in [0.717, 1.165) is 29.6 Å². The second kappa shape index (κ2) is 7.26. The van der Waals surface area contributed by atoms with Gasteiger partial charge in [-0.05, 0) is 17.7 Å². The zero-order valence-corrected chi connectivity index (χ0v) is 12.9. The summed E-state index contributed by atoms with van der Waals surface area (Å²) in [6.45, 7) is 0.719. The van der Waals surface area contributed by atoms with Crippen molar-refractivity contribution in [3.63, 3.8) is 0 Å². The molecule has 0 unspecified atom stereocenters. The van der Waals surface area contributed by atoms with Crippen LogP contribution >= 0.6 is 0 Å².